The van der Waals surface area contributed by atoms with Gasteiger partial charge >= 0.3 is 19.0 Å². The number of aliphatic hydroxyl groups is 2. The first-order valence-corrected chi connectivity index (χ1v) is 14.0. The largest absolute Gasteiger partial charge is 0.387 e. The number of ether oxygens (including phenoxy) is 1. The van der Waals surface area contributed by atoms with Crippen LogP contribution in [0.5, 0.6) is 0 Å². The smallest absolute Gasteiger partial charge is 0.383 e. The molecule has 3 rings (SSSR count). The number of fused-ring (bicyclic) bond motifs is 1. The number of aliphatic hydroxyl groups excluding tert-OH is 2. The summed E-state index contributed by atoms with van der Waals surface area (Å²) in [5.74, 6) is 0.0475. The van der Waals surface area contributed by atoms with E-state index in [-0.39, 0.29) is 17.0 Å². The van der Waals surface area contributed by atoms with Gasteiger partial charge in [0, 0.05) is 0 Å². The molecule has 6 atom stereocenters. The molecular formula is C11H15BCl2N5O11P3. The second-order valence-corrected chi connectivity index (χ2v) is 14.8. The van der Waals surface area contributed by atoms with Gasteiger partial charge in [0.25, 0.3) is 7.47 Å². The SMILES string of the molecule is [B]P(=O)(OCC1OC(n2cnc3c(N)ncnc32)[C@H](O)[C@@H]1O)OP(=O)(O)C(Cl)(Cl)P(=O)(O)O. The topological polar surface area (TPSA) is 250 Å². The van der Waals surface area contributed by atoms with E-state index in [9.17, 15) is 28.8 Å². The van der Waals surface area contributed by atoms with Gasteiger partial charge in [0.1, 0.15) is 30.2 Å². The second kappa shape index (κ2) is 9.10. The van der Waals surface area contributed by atoms with E-state index in [2.05, 4.69) is 19.3 Å². The van der Waals surface area contributed by atoms with E-state index in [1.54, 1.807) is 0 Å². The number of nitrogens with zero attached hydrogens (tertiary/aromatic N) is 4. The molecule has 0 amide bonds. The molecule has 7 N–H and O–H groups in total. The normalized spacial score (nSPS) is 28.0. The van der Waals surface area contributed by atoms with Gasteiger partial charge in [-0.05, 0) is 0 Å². The highest BCUT2D eigenvalue weighted by Crippen LogP contribution is 2.79. The fourth-order valence-corrected chi connectivity index (χ4v) is 7.09. The molecule has 1 aliphatic rings. The Kier molecular flexibility index (Phi) is 7.44. The Morgan fingerprint density at radius 1 is 1.18 bits per heavy atom. The van der Waals surface area contributed by atoms with Gasteiger partial charge in [0.2, 0.25) is 7.57 Å². The van der Waals surface area contributed by atoms with Gasteiger partial charge in [-0.2, -0.15) is 0 Å². The Labute approximate surface area is 195 Å². The summed E-state index contributed by atoms with van der Waals surface area (Å²) in [5, 5.41) is 20.6. The maximum absolute atomic E-state index is 12.3. The lowest BCUT2D eigenvalue weighted by Gasteiger charge is -2.28. The van der Waals surface area contributed by atoms with Crippen LogP contribution < -0.4 is 5.73 Å². The first-order chi connectivity index (χ1) is 15.0. The molecule has 1 aliphatic heterocycles. The minimum atomic E-state index is -5.75. The molecule has 0 bridgehead atoms. The zero-order chi connectivity index (χ0) is 25.0. The number of rotatable bonds is 8. The Morgan fingerprint density at radius 2 is 1.82 bits per heavy atom. The molecule has 0 saturated carbocycles. The van der Waals surface area contributed by atoms with Gasteiger partial charge in [-0.15, -0.1) is 0 Å². The Balaban J connectivity index is 1.72. The fourth-order valence-electron chi connectivity index (χ4n) is 2.72. The van der Waals surface area contributed by atoms with Gasteiger partial charge in [0.05, 0.1) is 12.9 Å². The van der Waals surface area contributed by atoms with E-state index in [1.165, 1.54) is 10.9 Å². The molecule has 0 spiro atoms. The van der Waals surface area contributed by atoms with Crippen LogP contribution in [-0.2, 0) is 27.3 Å². The van der Waals surface area contributed by atoms with Gasteiger partial charge in [-0.3, -0.25) is 18.3 Å². The molecule has 3 heterocycles. The number of halogens is 2. The third-order valence-electron chi connectivity index (χ3n) is 4.33. The summed E-state index contributed by atoms with van der Waals surface area (Å²) in [7, 11) is -11.3. The average molecular weight is 568 g/mol. The lowest BCUT2D eigenvalue weighted by molar-refractivity contribution is -0.0478. The van der Waals surface area contributed by atoms with Crippen LogP contribution in [0.4, 0.5) is 5.82 Å². The van der Waals surface area contributed by atoms with Crippen molar-refractivity contribution < 1.29 is 52.2 Å². The summed E-state index contributed by atoms with van der Waals surface area (Å²) in [6, 6.07) is 0. The maximum atomic E-state index is 12.3. The van der Waals surface area contributed by atoms with Crippen molar-refractivity contribution in [1.82, 2.24) is 19.5 Å². The van der Waals surface area contributed by atoms with E-state index in [0.29, 0.717) is 0 Å². The molecule has 182 valence electrons. The predicted octanol–water partition coefficient (Wildman–Crippen LogP) is -0.211. The van der Waals surface area contributed by atoms with Crippen molar-refractivity contribution in [2.75, 3.05) is 12.3 Å². The van der Waals surface area contributed by atoms with Gasteiger partial charge < -0.3 is 39.9 Å². The molecule has 16 nitrogen and oxygen atoms in total. The van der Waals surface area contributed by atoms with E-state index < -0.39 is 57.6 Å². The zero-order valence-electron chi connectivity index (χ0n) is 15.9. The monoisotopic (exact) mass is 567 g/mol. The van der Waals surface area contributed by atoms with Crippen LogP contribution in [0, 0.1) is 0 Å². The summed E-state index contributed by atoms with van der Waals surface area (Å²) in [4.78, 5) is 39.4. The van der Waals surface area contributed by atoms with Gasteiger partial charge in [-0.1, -0.05) is 23.2 Å². The van der Waals surface area contributed by atoms with Gasteiger partial charge in [-0.25, -0.2) is 19.3 Å². The van der Waals surface area contributed by atoms with Crippen molar-refractivity contribution in [1.29, 1.82) is 0 Å². The summed E-state index contributed by atoms with van der Waals surface area (Å²) in [5.41, 5.74) is 6.04. The molecule has 0 aliphatic carbocycles. The van der Waals surface area contributed by atoms with Crippen molar-refractivity contribution in [3.63, 3.8) is 0 Å². The molecule has 33 heavy (non-hydrogen) atoms. The van der Waals surface area contributed by atoms with Crippen molar-refractivity contribution in [3.05, 3.63) is 12.7 Å². The zero-order valence-corrected chi connectivity index (χ0v) is 20.1. The number of anilines is 1. The predicted molar refractivity (Wildman–Crippen MR) is 112 cm³/mol. The molecule has 22 heteroatoms. The molecule has 0 aromatic carbocycles. The number of imidazole rings is 1. The summed E-state index contributed by atoms with van der Waals surface area (Å²) in [6.07, 6.45) is -3.58. The van der Waals surface area contributed by atoms with Gasteiger partial charge in [0.15, 0.2) is 17.7 Å². The highest BCUT2D eigenvalue weighted by Gasteiger charge is 2.62. The minimum absolute atomic E-state index is 0.0475. The summed E-state index contributed by atoms with van der Waals surface area (Å²) >= 11 is 10.4. The number of hydrogen-bond donors (Lipinski definition) is 6. The van der Waals surface area contributed by atoms with Crippen LogP contribution in [0.1, 0.15) is 6.23 Å². The third-order valence-corrected chi connectivity index (χ3v) is 12.2. The highest BCUT2D eigenvalue weighted by molar-refractivity contribution is 7.88. The van der Waals surface area contributed by atoms with E-state index >= 15 is 0 Å². The molecule has 2 aromatic heterocycles. The second-order valence-electron chi connectivity index (χ2n) is 6.62. The van der Waals surface area contributed by atoms with Crippen LogP contribution in [0.15, 0.2) is 12.7 Å². The van der Waals surface area contributed by atoms with Crippen LogP contribution in [0.25, 0.3) is 11.2 Å². The van der Waals surface area contributed by atoms with Crippen LogP contribution >= 0.6 is 45.9 Å². The Bertz CT molecular complexity index is 1200. The number of aromatic nitrogens is 4. The van der Waals surface area contributed by atoms with E-state index in [4.69, 9.17) is 55.5 Å². The number of alkyl halides is 2. The van der Waals surface area contributed by atoms with Crippen molar-refractivity contribution in [2.24, 2.45) is 0 Å². The van der Waals surface area contributed by atoms with Crippen LogP contribution in [-0.4, -0.2) is 80.7 Å². The molecule has 2 aromatic rings. The quantitative estimate of drug-likeness (QED) is 0.137. The first-order valence-electron chi connectivity index (χ1n) is 8.44. The van der Waals surface area contributed by atoms with E-state index in [0.717, 1.165) is 6.33 Å². The van der Waals surface area contributed by atoms with Crippen molar-refractivity contribution in [2.45, 2.75) is 28.4 Å². The number of nitrogen functional groups attached to an aromatic ring is 1. The first kappa shape index (κ1) is 27.0. The van der Waals surface area contributed by atoms with E-state index in [1.807, 2.05) is 0 Å². The molecule has 1 fully saturated rings. The Morgan fingerprint density at radius 3 is 2.42 bits per heavy atom. The standard InChI is InChI=1S/C11H15BCl2N5O11P3/c12-33(27,30-32(25,26)11(13,14)31(22,23)24)28-1-4-6(20)7(21)10(29-4)19-3-18-5-8(15)16-2-17-9(5)19/h2-4,6-7,10,20-21H,1H2,(H,25,26)(H2,15,16,17)(H2,22,23,24)/t4?,6-,7-,10?,33?/m1/s1. The van der Waals surface area contributed by atoms with Crippen molar-refractivity contribution >= 4 is 70.4 Å². The Hall–Kier alpha value is -0.635. The third kappa shape index (κ3) is 5.16. The van der Waals surface area contributed by atoms with Crippen LogP contribution in [0.3, 0.4) is 0 Å². The molecule has 1 saturated heterocycles. The number of hydrogen-bond acceptors (Lipinski definition) is 12. The molecule has 4 unspecified atom stereocenters. The minimum Gasteiger partial charge on any atom is -0.387 e. The van der Waals surface area contributed by atoms with Crippen molar-refractivity contribution in [3.8, 4) is 0 Å². The number of nitrogens with two attached hydrogens (primary N) is 1. The summed E-state index contributed by atoms with van der Waals surface area (Å²) in [6.45, 7) is -0.875. The summed E-state index contributed by atoms with van der Waals surface area (Å²) < 4.78 is 47.4. The molecular weight excluding hydrogens is 553 g/mol. The molecule has 2 radical (unpaired) electrons. The lowest BCUT2D eigenvalue weighted by atomic mass is 10.1. The fraction of sp³-hybridized carbons (Fsp3) is 0.545. The van der Waals surface area contributed by atoms with Crippen LogP contribution in [0.2, 0.25) is 0 Å². The average Bonchev–Trinajstić information content (AvgIpc) is 3.21. The highest BCUT2D eigenvalue weighted by atomic mass is 35.5. The maximum Gasteiger partial charge on any atom is 0.383 e. The lowest BCUT2D eigenvalue weighted by Crippen LogP contribution is -2.33.